The van der Waals surface area contributed by atoms with Gasteiger partial charge in [-0.3, -0.25) is 4.79 Å². The van der Waals surface area contributed by atoms with E-state index in [9.17, 15) is 18.0 Å². The average Bonchev–Trinajstić information content (AvgIpc) is 3.29. The van der Waals surface area contributed by atoms with E-state index in [1.807, 2.05) is 4.90 Å². The molecule has 11 heteroatoms. The fourth-order valence-corrected chi connectivity index (χ4v) is 5.70. The summed E-state index contributed by atoms with van der Waals surface area (Å²) in [6, 6.07) is 1.32. The van der Waals surface area contributed by atoms with Gasteiger partial charge in [0, 0.05) is 58.2 Å². The number of amides is 1. The van der Waals surface area contributed by atoms with Crippen LogP contribution in [0.1, 0.15) is 45.2 Å². The molecule has 0 spiro atoms. The number of alkyl halides is 3. The van der Waals surface area contributed by atoms with E-state index in [1.165, 1.54) is 0 Å². The van der Waals surface area contributed by atoms with E-state index in [0.717, 1.165) is 37.9 Å². The van der Waals surface area contributed by atoms with Gasteiger partial charge in [0.2, 0.25) is 11.9 Å². The Morgan fingerprint density at radius 1 is 1.26 bits per heavy atom. The molecule has 1 aliphatic carbocycles. The lowest BCUT2D eigenvalue weighted by Crippen LogP contribution is -2.55. The Kier molecular flexibility index (Phi) is 7.87. The van der Waals surface area contributed by atoms with Crippen molar-refractivity contribution in [3.05, 3.63) is 18.0 Å². The van der Waals surface area contributed by atoms with Crippen LogP contribution in [0.3, 0.4) is 0 Å². The number of hydrogen-bond donors (Lipinski definition) is 1. The van der Waals surface area contributed by atoms with E-state index in [-0.39, 0.29) is 36.0 Å². The molecule has 1 amide bonds. The van der Waals surface area contributed by atoms with Crippen molar-refractivity contribution in [3.8, 4) is 0 Å². The predicted molar refractivity (Wildman–Crippen MR) is 124 cm³/mol. The maximum absolute atomic E-state index is 13.8. The zero-order valence-electron chi connectivity index (χ0n) is 20.7. The predicted octanol–water partition coefficient (Wildman–Crippen LogP) is 2.73. The summed E-state index contributed by atoms with van der Waals surface area (Å²) in [5.41, 5.74) is -1.40. The van der Waals surface area contributed by atoms with Gasteiger partial charge >= 0.3 is 6.18 Å². The number of piperazine rings is 1. The molecule has 2 saturated heterocycles. The summed E-state index contributed by atoms with van der Waals surface area (Å²) in [5, 5.41) is 3.74. The highest BCUT2D eigenvalue weighted by Crippen LogP contribution is 2.46. The quantitative estimate of drug-likeness (QED) is 0.645. The second kappa shape index (κ2) is 10.6. The molecule has 0 radical (unpaired) electrons. The van der Waals surface area contributed by atoms with Crippen LogP contribution in [-0.4, -0.2) is 85.5 Å². The van der Waals surface area contributed by atoms with Crippen LogP contribution in [0.15, 0.2) is 12.3 Å². The topological polar surface area (TPSA) is 79.8 Å². The third-order valence-corrected chi connectivity index (χ3v) is 7.92. The molecule has 1 saturated carbocycles. The second-order valence-corrected chi connectivity index (χ2v) is 10.2. The van der Waals surface area contributed by atoms with Crippen molar-refractivity contribution in [2.24, 2.45) is 11.3 Å². The largest absolute Gasteiger partial charge is 0.433 e. The number of carbonyl (C=O) groups excluding carboxylic acids is 1. The fourth-order valence-electron chi connectivity index (χ4n) is 5.70. The third-order valence-electron chi connectivity index (χ3n) is 7.92. The number of nitrogens with zero attached hydrogens (tertiary/aromatic N) is 4. The van der Waals surface area contributed by atoms with Gasteiger partial charge in [-0.15, -0.1) is 0 Å². The summed E-state index contributed by atoms with van der Waals surface area (Å²) in [4.78, 5) is 25.1. The lowest BCUT2D eigenvalue weighted by molar-refractivity contribution is -0.145. The van der Waals surface area contributed by atoms with E-state index < -0.39 is 17.3 Å². The summed E-state index contributed by atoms with van der Waals surface area (Å²) >= 11 is 0. The molecule has 35 heavy (non-hydrogen) atoms. The molecule has 1 aromatic rings. The lowest BCUT2D eigenvalue weighted by Gasteiger charge is -2.42. The van der Waals surface area contributed by atoms with E-state index >= 15 is 0 Å². The van der Waals surface area contributed by atoms with Gasteiger partial charge < -0.3 is 24.6 Å². The normalized spacial score (nSPS) is 30.2. The number of methoxy groups -OCH3 is 1. The second-order valence-electron chi connectivity index (χ2n) is 10.2. The van der Waals surface area contributed by atoms with Crippen LogP contribution < -0.4 is 10.2 Å². The van der Waals surface area contributed by atoms with Crippen molar-refractivity contribution in [3.63, 3.8) is 0 Å². The molecule has 4 rings (SSSR count). The van der Waals surface area contributed by atoms with Gasteiger partial charge in [0.15, 0.2) is 0 Å². The standard InChI is InChI=1S/C24H36F3N5O3/c1-16(2)23(7-4-17(14-23)29-18-6-13-35-15-19(18)34-3)21(33)31-9-11-32(12-10-31)22-28-8-5-20(30-22)24(25,26)27/h5,8,16-19,29H,4,6-7,9-15H2,1-3H3/t17-,18?,19?,23+/m1/s1. The van der Waals surface area contributed by atoms with Gasteiger partial charge in [0.05, 0.1) is 18.1 Å². The number of rotatable bonds is 6. The molecule has 0 aromatic carbocycles. The first kappa shape index (κ1) is 26.1. The summed E-state index contributed by atoms with van der Waals surface area (Å²) in [6.07, 6.45) is 0.0363. The zero-order valence-corrected chi connectivity index (χ0v) is 20.7. The molecule has 1 N–H and O–H groups in total. The molecule has 8 nitrogen and oxygen atoms in total. The molecule has 2 unspecified atom stereocenters. The summed E-state index contributed by atoms with van der Waals surface area (Å²) in [7, 11) is 1.70. The molecular formula is C24H36F3N5O3. The molecule has 2 aliphatic heterocycles. The third kappa shape index (κ3) is 5.56. The highest BCUT2D eigenvalue weighted by atomic mass is 19.4. The Hall–Kier alpha value is -1.98. The SMILES string of the molecule is COC1COCCC1N[C@@H]1CC[C@@](C(=O)N2CCN(c3nccc(C(F)(F)F)n3)CC2)(C(C)C)C1. The Morgan fingerprint density at radius 2 is 2.00 bits per heavy atom. The number of nitrogens with one attached hydrogen (secondary N) is 1. The Bertz CT molecular complexity index is 878. The summed E-state index contributed by atoms with van der Waals surface area (Å²) in [5.74, 6) is 0.385. The minimum absolute atomic E-state index is 0.0136. The van der Waals surface area contributed by atoms with Crippen molar-refractivity contribution in [2.45, 2.75) is 63.9 Å². The minimum atomic E-state index is -4.51. The van der Waals surface area contributed by atoms with Crippen LogP contribution in [0, 0.1) is 11.3 Å². The molecule has 3 heterocycles. The van der Waals surface area contributed by atoms with Crippen LogP contribution in [0.25, 0.3) is 0 Å². The average molecular weight is 500 g/mol. The molecule has 3 aliphatic rings. The van der Waals surface area contributed by atoms with Crippen molar-refractivity contribution >= 4 is 11.9 Å². The molecular weight excluding hydrogens is 463 g/mol. The van der Waals surface area contributed by atoms with Crippen molar-refractivity contribution in [1.82, 2.24) is 20.2 Å². The van der Waals surface area contributed by atoms with Crippen LogP contribution in [0.5, 0.6) is 0 Å². The zero-order chi connectivity index (χ0) is 25.2. The number of carbonyl (C=O) groups is 1. The van der Waals surface area contributed by atoms with E-state index in [2.05, 4.69) is 29.1 Å². The van der Waals surface area contributed by atoms with Gasteiger partial charge in [0.25, 0.3) is 0 Å². The molecule has 1 aromatic heterocycles. The van der Waals surface area contributed by atoms with Crippen LogP contribution in [0.2, 0.25) is 0 Å². The van der Waals surface area contributed by atoms with Crippen molar-refractivity contribution in [1.29, 1.82) is 0 Å². The Labute approximate surface area is 204 Å². The minimum Gasteiger partial charge on any atom is -0.379 e. The van der Waals surface area contributed by atoms with Crippen molar-refractivity contribution in [2.75, 3.05) is 51.4 Å². The van der Waals surface area contributed by atoms with Crippen molar-refractivity contribution < 1.29 is 27.4 Å². The van der Waals surface area contributed by atoms with Crippen LogP contribution >= 0.6 is 0 Å². The molecule has 4 atom stereocenters. The maximum Gasteiger partial charge on any atom is 0.433 e. The molecule has 0 bridgehead atoms. The Morgan fingerprint density at radius 3 is 2.66 bits per heavy atom. The lowest BCUT2D eigenvalue weighted by atomic mass is 9.74. The van der Waals surface area contributed by atoms with Gasteiger partial charge in [-0.25, -0.2) is 9.97 Å². The van der Waals surface area contributed by atoms with Crippen LogP contribution in [-0.2, 0) is 20.4 Å². The first-order valence-corrected chi connectivity index (χ1v) is 12.4. The first-order chi connectivity index (χ1) is 16.6. The number of anilines is 1. The van der Waals surface area contributed by atoms with E-state index in [1.54, 1.807) is 12.0 Å². The molecule has 3 fully saturated rings. The summed E-state index contributed by atoms with van der Waals surface area (Å²) < 4.78 is 50.2. The van der Waals surface area contributed by atoms with E-state index in [0.29, 0.717) is 39.4 Å². The number of halogens is 3. The monoisotopic (exact) mass is 499 g/mol. The molecule has 196 valence electrons. The highest BCUT2D eigenvalue weighted by molar-refractivity contribution is 5.83. The maximum atomic E-state index is 13.8. The number of ether oxygens (including phenoxy) is 2. The van der Waals surface area contributed by atoms with Gasteiger partial charge in [-0.05, 0) is 37.7 Å². The first-order valence-electron chi connectivity index (χ1n) is 12.4. The number of aromatic nitrogens is 2. The van der Waals surface area contributed by atoms with Gasteiger partial charge in [-0.2, -0.15) is 13.2 Å². The van der Waals surface area contributed by atoms with Gasteiger partial charge in [-0.1, -0.05) is 13.8 Å². The smallest absolute Gasteiger partial charge is 0.379 e. The van der Waals surface area contributed by atoms with E-state index in [4.69, 9.17) is 9.47 Å². The Balaban J connectivity index is 1.38. The fraction of sp³-hybridized carbons (Fsp3) is 0.792. The van der Waals surface area contributed by atoms with Gasteiger partial charge in [0.1, 0.15) is 5.69 Å². The number of hydrogen-bond acceptors (Lipinski definition) is 7. The van der Waals surface area contributed by atoms with Crippen LogP contribution in [0.4, 0.5) is 19.1 Å². The summed E-state index contributed by atoms with van der Waals surface area (Å²) in [6.45, 7) is 7.20. The highest BCUT2D eigenvalue weighted by Gasteiger charge is 2.50.